The molecule has 2 atom stereocenters. The van der Waals surface area contributed by atoms with Crippen LogP contribution in [0, 0.1) is 5.82 Å². The Balaban J connectivity index is 1.75. The second-order valence-electron chi connectivity index (χ2n) is 6.70. The van der Waals surface area contributed by atoms with E-state index in [0.29, 0.717) is 24.7 Å². The summed E-state index contributed by atoms with van der Waals surface area (Å²) in [6.45, 7) is 6.52. The number of benzene rings is 1. The van der Waals surface area contributed by atoms with E-state index in [2.05, 4.69) is 10.3 Å². The molecule has 2 amide bonds. The molecular formula is C19H22FN3O2S. The van der Waals surface area contributed by atoms with Crippen molar-refractivity contribution in [2.45, 2.75) is 38.0 Å². The molecule has 2 heterocycles. The molecule has 1 saturated heterocycles. The van der Waals surface area contributed by atoms with Crippen LogP contribution in [-0.4, -0.2) is 39.7 Å². The van der Waals surface area contributed by atoms with Crippen molar-refractivity contribution in [1.29, 1.82) is 0 Å². The maximum Gasteiger partial charge on any atom is 0.246 e. The Morgan fingerprint density at radius 2 is 2.08 bits per heavy atom. The van der Waals surface area contributed by atoms with Gasteiger partial charge < -0.3 is 10.2 Å². The summed E-state index contributed by atoms with van der Waals surface area (Å²) in [7, 11) is 0. The lowest BCUT2D eigenvalue weighted by Crippen LogP contribution is -2.40. The van der Waals surface area contributed by atoms with Crippen LogP contribution in [0.1, 0.15) is 38.8 Å². The minimum absolute atomic E-state index is 0.0457. The van der Waals surface area contributed by atoms with Crippen molar-refractivity contribution >= 4 is 28.7 Å². The van der Waals surface area contributed by atoms with Crippen molar-refractivity contribution in [1.82, 2.24) is 10.2 Å². The summed E-state index contributed by atoms with van der Waals surface area (Å²) in [6, 6.07) is 6.03. The minimum atomic E-state index is -0.704. The Bertz CT molecular complexity index is 790. The first-order valence-corrected chi connectivity index (χ1v) is 9.40. The monoisotopic (exact) mass is 375 g/mol. The summed E-state index contributed by atoms with van der Waals surface area (Å²) < 4.78 is 12.4. The van der Waals surface area contributed by atoms with Crippen LogP contribution in [0.25, 0.3) is 0 Å². The third-order valence-corrected chi connectivity index (χ3v) is 6.14. The lowest BCUT2D eigenvalue weighted by Gasteiger charge is -2.31. The SMILES string of the molecule is CC(=O)N1CC=C(C2(C)SC(=N[C@@H](C)c3ccc(F)cc3)NC2=O)CC1. The number of carbonyl (C=O) groups is 2. The van der Waals surface area contributed by atoms with Gasteiger partial charge in [0, 0.05) is 20.0 Å². The Hall–Kier alpha value is -2.15. The van der Waals surface area contributed by atoms with Gasteiger partial charge in [-0.2, -0.15) is 0 Å². The Labute approximate surface area is 156 Å². The zero-order chi connectivity index (χ0) is 18.9. The van der Waals surface area contributed by atoms with Crippen molar-refractivity contribution < 1.29 is 14.0 Å². The van der Waals surface area contributed by atoms with Crippen LogP contribution in [0.15, 0.2) is 40.9 Å². The number of amidine groups is 1. The Morgan fingerprint density at radius 1 is 1.38 bits per heavy atom. The summed E-state index contributed by atoms with van der Waals surface area (Å²) >= 11 is 1.41. The number of amides is 2. The van der Waals surface area contributed by atoms with Gasteiger partial charge >= 0.3 is 0 Å². The summed E-state index contributed by atoms with van der Waals surface area (Å²) in [5.74, 6) is -0.326. The highest BCUT2D eigenvalue weighted by atomic mass is 32.2. The lowest BCUT2D eigenvalue weighted by molar-refractivity contribution is -0.128. The molecule has 2 aliphatic rings. The maximum atomic E-state index is 13.1. The number of aliphatic imine (C=N–C) groups is 1. The number of hydrogen-bond acceptors (Lipinski definition) is 4. The second kappa shape index (κ2) is 7.23. The Kier molecular flexibility index (Phi) is 5.18. The normalized spacial score (nSPS) is 25.8. The van der Waals surface area contributed by atoms with Gasteiger partial charge in [0.2, 0.25) is 11.8 Å². The van der Waals surface area contributed by atoms with Gasteiger partial charge in [-0.25, -0.2) is 4.39 Å². The van der Waals surface area contributed by atoms with Gasteiger partial charge in [-0.3, -0.25) is 14.6 Å². The Morgan fingerprint density at radius 3 is 2.65 bits per heavy atom. The van der Waals surface area contributed by atoms with Crippen molar-refractivity contribution in [3.8, 4) is 0 Å². The van der Waals surface area contributed by atoms with Crippen LogP contribution in [-0.2, 0) is 9.59 Å². The van der Waals surface area contributed by atoms with E-state index in [1.54, 1.807) is 24.0 Å². The predicted octanol–water partition coefficient (Wildman–Crippen LogP) is 3.04. The second-order valence-corrected chi connectivity index (χ2v) is 8.10. The van der Waals surface area contributed by atoms with Crippen molar-refractivity contribution in [2.75, 3.05) is 13.1 Å². The largest absolute Gasteiger partial charge is 0.339 e. The van der Waals surface area contributed by atoms with Crippen molar-refractivity contribution in [2.24, 2.45) is 4.99 Å². The molecule has 0 spiro atoms. The fourth-order valence-corrected chi connectivity index (χ4v) is 4.33. The topological polar surface area (TPSA) is 61.8 Å². The summed E-state index contributed by atoms with van der Waals surface area (Å²) in [5, 5.41) is 3.44. The van der Waals surface area contributed by atoms with E-state index < -0.39 is 4.75 Å². The van der Waals surface area contributed by atoms with Gasteiger partial charge in [-0.1, -0.05) is 30.0 Å². The number of nitrogens with one attached hydrogen (secondary N) is 1. The number of thioether (sulfide) groups is 1. The van der Waals surface area contributed by atoms with Gasteiger partial charge in [-0.15, -0.1) is 0 Å². The summed E-state index contributed by atoms with van der Waals surface area (Å²) in [4.78, 5) is 30.4. The number of hydrogen-bond donors (Lipinski definition) is 1. The first-order chi connectivity index (χ1) is 12.3. The van der Waals surface area contributed by atoms with Gasteiger partial charge in [0.15, 0.2) is 5.17 Å². The first-order valence-electron chi connectivity index (χ1n) is 8.58. The fraction of sp³-hybridized carbons (Fsp3) is 0.421. The van der Waals surface area contributed by atoms with E-state index in [1.807, 2.05) is 19.9 Å². The van der Waals surface area contributed by atoms with Crippen LogP contribution in [0.4, 0.5) is 4.39 Å². The number of halogens is 1. The van der Waals surface area contributed by atoms with Gasteiger partial charge in [-0.05, 0) is 43.5 Å². The average Bonchev–Trinajstić information content (AvgIpc) is 2.90. The molecule has 26 heavy (non-hydrogen) atoms. The molecule has 1 aromatic rings. The molecule has 1 aromatic carbocycles. The van der Waals surface area contributed by atoms with Crippen LogP contribution in [0.2, 0.25) is 0 Å². The van der Waals surface area contributed by atoms with Gasteiger partial charge in [0.1, 0.15) is 10.6 Å². The molecule has 3 rings (SSSR count). The van der Waals surface area contributed by atoms with E-state index in [4.69, 9.17) is 0 Å². The molecule has 1 N–H and O–H groups in total. The number of carbonyl (C=O) groups excluding carboxylic acids is 2. The molecule has 0 radical (unpaired) electrons. The van der Waals surface area contributed by atoms with Crippen LogP contribution >= 0.6 is 11.8 Å². The number of nitrogens with zero attached hydrogens (tertiary/aromatic N) is 2. The molecule has 1 fully saturated rings. The highest BCUT2D eigenvalue weighted by Crippen LogP contribution is 2.41. The van der Waals surface area contributed by atoms with Crippen molar-refractivity contribution in [3.63, 3.8) is 0 Å². The fourth-order valence-electron chi connectivity index (χ4n) is 3.13. The van der Waals surface area contributed by atoms with E-state index in [0.717, 1.165) is 11.1 Å². The maximum absolute atomic E-state index is 13.1. The third-order valence-electron chi connectivity index (χ3n) is 4.89. The molecule has 7 heteroatoms. The molecule has 1 unspecified atom stereocenters. The molecule has 0 aromatic heterocycles. The minimum Gasteiger partial charge on any atom is -0.339 e. The smallest absolute Gasteiger partial charge is 0.246 e. The van der Waals surface area contributed by atoms with Crippen LogP contribution in [0.5, 0.6) is 0 Å². The highest BCUT2D eigenvalue weighted by molar-refractivity contribution is 8.16. The molecular weight excluding hydrogens is 353 g/mol. The molecule has 0 saturated carbocycles. The number of rotatable bonds is 3. The zero-order valence-electron chi connectivity index (χ0n) is 15.1. The van der Waals surface area contributed by atoms with Gasteiger partial charge in [0.05, 0.1) is 6.04 Å². The predicted molar refractivity (Wildman–Crippen MR) is 101 cm³/mol. The van der Waals surface area contributed by atoms with Gasteiger partial charge in [0.25, 0.3) is 0 Å². The zero-order valence-corrected chi connectivity index (χ0v) is 15.9. The molecule has 0 aliphatic carbocycles. The summed E-state index contributed by atoms with van der Waals surface area (Å²) in [6.07, 6.45) is 2.65. The van der Waals surface area contributed by atoms with E-state index in [1.165, 1.54) is 23.9 Å². The quantitative estimate of drug-likeness (QED) is 0.826. The average molecular weight is 375 g/mol. The lowest BCUT2D eigenvalue weighted by atomic mass is 9.93. The molecule has 0 bridgehead atoms. The van der Waals surface area contributed by atoms with Crippen LogP contribution in [0.3, 0.4) is 0 Å². The van der Waals surface area contributed by atoms with E-state index in [9.17, 15) is 14.0 Å². The van der Waals surface area contributed by atoms with E-state index >= 15 is 0 Å². The molecule has 5 nitrogen and oxygen atoms in total. The van der Waals surface area contributed by atoms with Crippen LogP contribution < -0.4 is 5.32 Å². The first kappa shape index (κ1) is 18.6. The van der Waals surface area contributed by atoms with E-state index in [-0.39, 0.29) is 23.7 Å². The standard InChI is InChI=1S/C19H22FN3O2S/c1-12(14-4-6-16(20)7-5-14)21-18-22-17(25)19(3,26-18)15-8-10-23(11-9-15)13(2)24/h4-8,12H,9-11H2,1-3H3,(H,21,22,25)/t12-,19?/m0/s1. The highest BCUT2D eigenvalue weighted by Gasteiger charge is 2.46. The molecule has 138 valence electrons. The molecule has 2 aliphatic heterocycles. The third kappa shape index (κ3) is 3.67. The summed E-state index contributed by atoms with van der Waals surface area (Å²) in [5.41, 5.74) is 1.91. The van der Waals surface area contributed by atoms with Crippen molar-refractivity contribution in [3.05, 3.63) is 47.3 Å².